The van der Waals surface area contributed by atoms with Crippen molar-refractivity contribution in [3.8, 4) is 0 Å². The van der Waals surface area contributed by atoms with Gasteiger partial charge in [0.15, 0.2) is 0 Å². The van der Waals surface area contributed by atoms with Crippen LogP contribution in [0.2, 0.25) is 0 Å². The molecule has 0 amide bonds. The Morgan fingerprint density at radius 3 is 2.75 bits per heavy atom. The van der Waals surface area contributed by atoms with Crippen molar-refractivity contribution >= 4 is 6.01 Å². The van der Waals surface area contributed by atoms with E-state index in [0.29, 0.717) is 18.5 Å². The molecule has 1 aromatic heterocycles. The Labute approximate surface area is 95.6 Å². The number of ether oxygens (including phenoxy) is 1. The molecule has 1 rings (SSSR count). The molecule has 0 aliphatic rings. The van der Waals surface area contributed by atoms with Gasteiger partial charge in [-0.05, 0) is 13.3 Å². The SMILES string of the molecule is CCCC(COC)Nc1nnc(C(C)N)o1. The molecular formula is C10H20N4O2. The van der Waals surface area contributed by atoms with Gasteiger partial charge in [0.05, 0.1) is 18.7 Å². The first-order valence-corrected chi connectivity index (χ1v) is 5.51. The van der Waals surface area contributed by atoms with E-state index in [1.807, 2.05) is 0 Å². The van der Waals surface area contributed by atoms with Crippen LogP contribution < -0.4 is 11.1 Å². The third-order valence-corrected chi connectivity index (χ3v) is 2.16. The summed E-state index contributed by atoms with van der Waals surface area (Å²) in [6.45, 7) is 4.53. The quantitative estimate of drug-likeness (QED) is 0.732. The average Bonchev–Trinajstić information content (AvgIpc) is 2.67. The van der Waals surface area contributed by atoms with Crippen molar-refractivity contribution in [2.45, 2.75) is 38.8 Å². The topological polar surface area (TPSA) is 86.2 Å². The highest BCUT2D eigenvalue weighted by Gasteiger charge is 2.13. The van der Waals surface area contributed by atoms with Crippen molar-refractivity contribution in [3.05, 3.63) is 5.89 Å². The highest BCUT2D eigenvalue weighted by atomic mass is 16.5. The Hall–Kier alpha value is -1.14. The second kappa shape index (κ2) is 6.44. The summed E-state index contributed by atoms with van der Waals surface area (Å²) in [4.78, 5) is 0. The van der Waals surface area contributed by atoms with Gasteiger partial charge in [0.2, 0.25) is 5.89 Å². The average molecular weight is 228 g/mol. The smallest absolute Gasteiger partial charge is 0.315 e. The Bertz CT molecular complexity index is 295. The van der Waals surface area contributed by atoms with Gasteiger partial charge in [-0.25, -0.2) is 0 Å². The van der Waals surface area contributed by atoms with Crippen LogP contribution in [0.4, 0.5) is 6.01 Å². The van der Waals surface area contributed by atoms with Crippen molar-refractivity contribution in [2.75, 3.05) is 19.0 Å². The molecule has 0 saturated carbocycles. The van der Waals surface area contributed by atoms with Crippen LogP contribution in [0.1, 0.15) is 38.6 Å². The fraction of sp³-hybridized carbons (Fsp3) is 0.800. The molecule has 0 aromatic carbocycles. The van der Waals surface area contributed by atoms with E-state index in [-0.39, 0.29) is 12.1 Å². The molecule has 0 bridgehead atoms. The van der Waals surface area contributed by atoms with Crippen molar-refractivity contribution in [2.24, 2.45) is 5.73 Å². The van der Waals surface area contributed by atoms with E-state index in [0.717, 1.165) is 12.8 Å². The van der Waals surface area contributed by atoms with Crippen LogP contribution in [0, 0.1) is 0 Å². The summed E-state index contributed by atoms with van der Waals surface area (Å²) in [5.41, 5.74) is 5.63. The summed E-state index contributed by atoms with van der Waals surface area (Å²) in [6.07, 6.45) is 2.05. The van der Waals surface area contributed by atoms with Crippen LogP contribution in [0.5, 0.6) is 0 Å². The Kier molecular flexibility index (Phi) is 5.21. The standard InChI is InChI=1S/C10H20N4O2/c1-4-5-8(6-15-3)12-10-14-13-9(16-10)7(2)11/h7-8H,4-6,11H2,1-3H3,(H,12,14). The van der Waals surface area contributed by atoms with Crippen LogP contribution in [-0.4, -0.2) is 30.0 Å². The number of nitrogens with two attached hydrogens (primary N) is 1. The van der Waals surface area contributed by atoms with E-state index in [1.54, 1.807) is 14.0 Å². The second-order valence-electron chi connectivity index (χ2n) is 3.82. The lowest BCUT2D eigenvalue weighted by molar-refractivity contribution is 0.181. The van der Waals surface area contributed by atoms with Gasteiger partial charge in [-0.3, -0.25) is 0 Å². The summed E-state index contributed by atoms with van der Waals surface area (Å²) in [6, 6.07) is 0.356. The largest absolute Gasteiger partial charge is 0.406 e. The van der Waals surface area contributed by atoms with Gasteiger partial charge in [0.25, 0.3) is 0 Å². The minimum atomic E-state index is -0.241. The van der Waals surface area contributed by atoms with Crippen LogP contribution in [-0.2, 0) is 4.74 Å². The van der Waals surface area contributed by atoms with Crippen molar-refractivity contribution in [1.82, 2.24) is 10.2 Å². The zero-order valence-corrected chi connectivity index (χ0v) is 10.1. The molecule has 2 unspecified atom stereocenters. The molecule has 0 fully saturated rings. The maximum atomic E-state index is 5.63. The Morgan fingerprint density at radius 2 is 2.25 bits per heavy atom. The highest BCUT2D eigenvalue weighted by Crippen LogP contribution is 2.13. The molecule has 1 heterocycles. The summed E-state index contributed by atoms with van der Waals surface area (Å²) in [5, 5.41) is 10.9. The predicted molar refractivity (Wildman–Crippen MR) is 61.1 cm³/mol. The molecule has 0 spiro atoms. The molecule has 6 nitrogen and oxygen atoms in total. The number of nitrogens with zero attached hydrogens (tertiary/aromatic N) is 2. The third kappa shape index (κ3) is 3.79. The second-order valence-corrected chi connectivity index (χ2v) is 3.82. The van der Waals surface area contributed by atoms with Crippen LogP contribution in [0.25, 0.3) is 0 Å². The number of aromatic nitrogens is 2. The van der Waals surface area contributed by atoms with Gasteiger partial charge >= 0.3 is 6.01 Å². The monoisotopic (exact) mass is 228 g/mol. The number of hydrogen-bond acceptors (Lipinski definition) is 6. The minimum absolute atomic E-state index is 0.191. The third-order valence-electron chi connectivity index (χ3n) is 2.16. The first kappa shape index (κ1) is 12.9. The van der Waals surface area contributed by atoms with E-state index in [9.17, 15) is 0 Å². The predicted octanol–water partition coefficient (Wildman–Crippen LogP) is 1.32. The molecule has 3 N–H and O–H groups in total. The molecule has 0 radical (unpaired) electrons. The molecule has 0 saturated heterocycles. The molecule has 0 aliphatic carbocycles. The van der Waals surface area contributed by atoms with E-state index in [1.165, 1.54) is 0 Å². The minimum Gasteiger partial charge on any atom is -0.406 e. The molecule has 2 atom stereocenters. The van der Waals surface area contributed by atoms with Crippen molar-refractivity contribution < 1.29 is 9.15 Å². The summed E-state index contributed by atoms with van der Waals surface area (Å²) in [5.74, 6) is 0.440. The van der Waals surface area contributed by atoms with Gasteiger partial charge in [-0.1, -0.05) is 18.4 Å². The lowest BCUT2D eigenvalue weighted by Gasteiger charge is -2.14. The number of rotatable bonds is 7. The molecule has 6 heteroatoms. The number of anilines is 1. The summed E-state index contributed by atoms with van der Waals surface area (Å²) >= 11 is 0. The first-order chi connectivity index (χ1) is 7.67. The molecule has 0 aliphatic heterocycles. The van der Waals surface area contributed by atoms with Crippen LogP contribution in [0.3, 0.4) is 0 Å². The first-order valence-electron chi connectivity index (χ1n) is 5.51. The zero-order valence-electron chi connectivity index (χ0n) is 10.1. The van der Waals surface area contributed by atoms with E-state index in [2.05, 4.69) is 22.4 Å². The molecule has 92 valence electrons. The fourth-order valence-electron chi connectivity index (χ4n) is 1.40. The lowest BCUT2D eigenvalue weighted by Crippen LogP contribution is -2.24. The van der Waals surface area contributed by atoms with Crippen molar-refractivity contribution in [3.63, 3.8) is 0 Å². The fourth-order valence-corrected chi connectivity index (χ4v) is 1.40. The van der Waals surface area contributed by atoms with E-state index < -0.39 is 0 Å². The van der Waals surface area contributed by atoms with Gasteiger partial charge < -0.3 is 20.2 Å². The molecule has 16 heavy (non-hydrogen) atoms. The normalized spacial score (nSPS) is 14.8. The highest BCUT2D eigenvalue weighted by molar-refractivity contribution is 5.19. The number of hydrogen-bond donors (Lipinski definition) is 2. The Balaban J connectivity index is 2.55. The maximum Gasteiger partial charge on any atom is 0.315 e. The molecule has 1 aromatic rings. The Morgan fingerprint density at radius 1 is 1.50 bits per heavy atom. The van der Waals surface area contributed by atoms with Gasteiger partial charge in [-0.2, -0.15) is 0 Å². The number of methoxy groups -OCH3 is 1. The van der Waals surface area contributed by atoms with Crippen LogP contribution in [0.15, 0.2) is 4.42 Å². The van der Waals surface area contributed by atoms with Crippen LogP contribution >= 0.6 is 0 Å². The van der Waals surface area contributed by atoms with Gasteiger partial charge in [0, 0.05) is 7.11 Å². The van der Waals surface area contributed by atoms with Gasteiger partial charge in [-0.15, -0.1) is 5.10 Å². The van der Waals surface area contributed by atoms with E-state index >= 15 is 0 Å². The number of nitrogens with one attached hydrogen (secondary N) is 1. The van der Waals surface area contributed by atoms with E-state index in [4.69, 9.17) is 14.9 Å². The summed E-state index contributed by atoms with van der Waals surface area (Å²) in [7, 11) is 1.67. The zero-order chi connectivity index (χ0) is 12.0. The summed E-state index contributed by atoms with van der Waals surface area (Å²) < 4.78 is 10.5. The van der Waals surface area contributed by atoms with Gasteiger partial charge in [0.1, 0.15) is 0 Å². The van der Waals surface area contributed by atoms with Crippen molar-refractivity contribution in [1.29, 1.82) is 0 Å². The lowest BCUT2D eigenvalue weighted by atomic mass is 10.2. The maximum absolute atomic E-state index is 5.63. The molecular weight excluding hydrogens is 208 g/mol.